The molecule has 1 aliphatic rings. The lowest BCUT2D eigenvalue weighted by Gasteiger charge is -2.28. The van der Waals surface area contributed by atoms with Gasteiger partial charge in [0.15, 0.2) is 0 Å². The van der Waals surface area contributed by atoms with Gasteiger partial charge >= 0.3 is 5.97 Å². The molecule has 0 aromatic rings. The van der Waals surface area contributed by atoms with Crippen LogP contribution in [-0.4, -0.2) is 23.0 Å². The summed E-state index contributed by atoms with van der Waals surface area (Å²) >= 11 is 0. The monoisotopic (exact) mass is 283 g/mol. The van der Waals surface area contributed by atoms with Gasteiger partial charge in [-0.15, -0.1) is 0 Å². The fraction of sp³-hybridized carbons (Fsp3) is 0.875. The van der Waals surface area contributed by atoms with Crippen molar-refractivity contribution in [1.29, 1.82) is 0 Å². The zero-order valence-corrected chi connectivity index (χ0v) is 12.9. The molecular weight excluding hydrogens is 254 g/mol. The van der Waals surface area contributed by atoms with Crippen molar-refractivity contribution in [1.82, 2.24) is 5.32 Å². The topological polar surface area (TPSA) is 66.4 Å². The molecule has 0 bridgehead atoms. The summed E-state index contributed by atoms with van der Waals surface area (Å²) in [5.74, 6) is -1.70. The molecule has 116 valence electrons. The van der Waals surface area contributed by atoms with Crippen LogP contribution in [0.3, 0.4) is 0 Å². The van der Waals surface area contributed by atoms with E-state index < -0.39 is 11.9 Å². The molecule has 0 radical (unpaired) electrons. The van der Waals surface area contributed by atoms with E-state index in [-0.39, 0.29) is 17.9 Å². The Morgan fingerprint density at radius 3 is 2.40 bits per heavy atom. The van der Waals surface area contributed by atoms with Crippen LogP contribution in [0.2, 0.25) is 0 Å². The highest BCUT2D eigenvalue weighted by Gasteiger charge is 2.35. The van der Waals surface area contributed by atoms with Gasteiger partial charge in [-0.1, -0.05) is 45.4 Å². The molecule has 0 spiro atoms. The van der Waals surface area contributed by atoms with E-state index in [1.54, 1.807) is 0 Å². The molecule has 4 nitrogen and oxygen atoms in total. The minimum atomic E-state index is -0.819. The van der Waals surface area contributed by atoms with E-state index in [4.69, 9.17) is 0 Å². The number of aliphatic carboxylic acids is 1. The quantitative estimate of drug-likeness (QED) is 0.671. The summed E-state index contributed by atoms with van der Waals surface area (Å²) in [4.78, 5) is 23.5. The molecule has 0 heterocycles. The van der Waals surface area contributed by atoms with Crippen molar-refractivity contribution < 1.29 is 14.7 Å². The standard InChI is InChI=1S/C16H29NO3/c1-3-4-5-6-9-12(2)17-15(18)13-10-7-8-11-14(13)16(19)20/h12-14H,3-11H2,1-2H3,(H,17,18)(H,19,20)/t12-,13+,14+/m1/s1. The highest BCUT2D eigenvalue weighted by molar-refractivity contribution is 5.85. The lowest BCUT2D eigenvalue weighted by molar-refractivity contribution is -0.149. The van der Waals surface area contributed by atoms with Crippen LogP contribution >= 0.6 is 0 Å². The van der Waals surface area contributed by atoms with Crippen molar-refractivity contribution >= 4 is 11.9 Å². The van der Waals surface area contributed by atoms with Crippen LogP contribution < -0.4 is 5.32 Å². The molecular formula is C16H29NO3. The Morgan fingerprint density at radius 2 is 1.80 bits per heavy atom. The molecule has 20 heavy (non-hydrogen) atoms. The van der Waals surface area contributed by atoms with Crippen LogP contribution in [0, 0.1) is 11.8 Å². The Balaban J connectivity index is 2.37. The van der Waals surface area contributed by atoms with Crippen LogP contribution in [0.25, 0.3) is 0 Å². The number of carboxylic acid groups (broad SMARTS) is 1. The number of rotatable bonds is 8. The predicted molar refractivity (Wildman–Crippen MR) is 79.4 cm³/mol. The molecule has 3 atom stereocenters. The molecule has 0 saturated heterocycles. The largest absolute Gasteiger partial charge is 0.481 e. The van der Waals surface area contributed by atoms with Crippen LogP contribution in [0.1, 0.15) is 71.6 Å². The molecule has 4 heteroatoms. The highest BCUT2D eigenvalue weighted by Crippen LogP contribution is 2.30. The average Bonchev–Trinajstić information content (AvgIpc) is 2.43. The van der Waals surface area contributed by atoms with Crippen LogP contribution in [0.4, 0.5) is 0 Å². The zero-order valence-electron chi connectivity index (χ0n) is 12.9. The smallest absolute Gasteiger partial charge is 0.307 e. The van der Waals surface area contributed by atoms with Gasteiger partial charge in [0.2, 0.25) is 5.91 Å². The molecule has 1 aliphatic carbocycles. The van der Waals surface area contributed by atoms with Crippen LogP contribution in [-0.2, 0) is 9.59 Å². The molecule has 1 saturated carbocycles. The first kappa shape index (κ1) is 17.0. The van der Waals surface area contributed by atoms with Crippen LogP contribution in [0.5, 0.6) is 0 Å². The molecule has 1 rings (SSSR count). The number of hydrogen-bond donors (Lipinski definition) is 2. The summed E-state index contributed by atoms with van der Waals surface area (Å²) in [5.41, 5.74) is 0. The third-order valence-corrected chi connectivity index (χ3v) is 4.30. The van der Waals surface area contributed by atoms with Crippen LogP contribution in [0.15, 0.2) is 0 Å². The second kappa shape index (κ2) is 8.98. The molecule has 1 fully saturated rings. The predicted octanol–water partition coefficient (Wildman–Crippen LogP) is 3.35. The van der Waals surface area contributed by atoms with Crippen molar-refractivity contribution in [3.8, 4) is 0 Å². The van der Waals surface area contributed by atoms with E-state index >= 15 is 0 Å². The van der Waals surface area contributed by atoms with Gasteiger partial charge in [0.1, 0.15) is 0 Å². The second-order valence-electron chi connectivity index (χ2n) is 6.09. The summed E-state index contributed by atoms with van der Waals surface area (Å²) in [6.45, 7) is 4.20. The fourth-order valence-electron chi connectivity index (χ4n) is 3.04. The minimum absolute atomic E-state index is 0.0555. The number of unbranched alkanes of at least 4 members (excludes halogenated alkanes) is 3. The van der Waals surface area contributed by atoms with E-state index in [0.29, 0.717) is 12.8 Å². The highest BCUT2D eigenvalue weighted by atomic mass is 16.4. The number of carbonyl (C=O) groups is 2. The SMILES string of the molecule is CCCCCC[C@@H](C)NC(=O)[C@H]1CCCC[C@@H]1C(=O)O. The molecule has 0 unspecified atom stereocenters. The first-order valence-electron chi connectivity index (χ1n) is 8.09. The molecule has 0 aromatic heterocycles. The van der Waals surface area contributed by atoms with Gasteiger partial charge in [-0.05, 0) is 26.2 Å². The fourth-order valence-corrected chi connectivity index (χ4v) is 3.04. The van der Waals surface area contributed by atoms with Crippen molar-refractivity contribution in [3.05, 3.63) is 0 Å². The Morgan fingerprint density at radius 1 is 1.15 bits per heavy atom. The summed E-state index contributed by atoms with van der Waals surface area (Å²) in [6, 6.07) is 0.149. The normalized spacial score (nSPS) is 24.1. The summed E-state index contributed by atoms with van der Waals surface area (Å²) in [5, 5.41) is 12.2. The van der Waals surface area contributed by atoms with Gasteiger partial charge in [-0.3, -0.25) is 9.59 Å². The molecule has 2 N–H and O–H groups in total. The van der Waals surface area contributed by atoms with Crippen molar-refractivity contribution in [3.63, 3.8) is 0 Å². The van der Waals surface area contributed by atoms with E-state index in [9.17, 15) is 14.7 Å². The molecule has 0 aliphatic heterocycles. The van der Waals surface area contributed by atoms with Gasteiger partial charge in [0.05, 0.1) is 11.8 Å². The van der Waals surface area contributed by atoms with Gasteiger partial charge in [0.25, 0.3) is 0 Å². The van der Waals surface area contributed by atoms with E-state index in [0.717, 1.165) is 25.7 Å². The maximum Gasteiger partial charge on any atom is 0.307 e. The summed E-state index contributed by atoms with van der Waals surface area (Å²) in [6.07, 6.45) is 9.01. The number of amides is 1. The molecule has 1 amide bonds. The summed E-state index contributed by atoms with van der Waals surface area (Å²) in [7, 11) is 0. The molecule has 0 aromatic carbocycles. The van der Waals surface area contributed by atoms with Gasteiger partial charge in [0, 0.05) is 6.04 Å². The maximum absolute atomic E-state index is 12.2. The van der Waals surface area contributed by atoms with E-state index in [1.165, 1.54) is 19.3 Å². The van der Waals surface area contributed by atoms with Crippen molar-refractivity contribution in [2.75, 3.05) is 0 Å². The third kappa shape index (κ3) is 5.51. The van der Waals surface area contributed by atoms with Crippen molar-refractivity contribution in [2.24, 2.45) is 11.8 Å². The zero-order chi connectivity index (χ0) is 15.0. The number of carbonyl (C=O) groups excluding carboxylic acids is 1. The summed E-state index contributed by atoms with van der Waals surface area (Å²) < 4.78 is 0. The lowest BCUT2D eigenvalue weighted by Crippen LogP contribution is -2.43. The van der Waals surface area contributed by atoms with E-state index in [1.807, 2.05) is 6.92 Å². The Hall–Kier alpha value is -1.06. The second-order valence-corrected chi connectivity index (χ2v) is 6.09. The number of carboxylic acids is 1. The lowest BCUT2D eigenvalue weighted by atomic mass is 9.78. The average molecular weight is 283 g/mol. The Bertz CT molecular complexity index is 317. The van der Waals surface area contributed by atoms with Gasteiger partial charge in [-0.25, -0.2) is 0 Å². The van der Waals surface area contributed by atoms with Gasteiger partial charge < -0.3 is 10.4 Å². The first-order valence-corrected chi connectivity index (χ1v) is 8.09. The Kier molecular flexibility index (Phi) is 7.63. The number of hydrogen-bond acceptors (Lipinski definition) is 2. The Labute approximate surface area is 122 Å². The minimum Gasteiger partial charge on any atom is -0.481 e. The number of nitrogens with one attached hydrogen (secondary N) is 1. The van der Waals surface area contributed by atoms with Gasteiger partial charge in [-0.2, -0.15) is 0 Å². The first-order chi connectivity index (χ1) is 9.56. The van der Waals surface area contributed by atoms with E-state index in [2.05, 4.69) is 12.2 Å². The third-order valence-electron chi connectivity index (χ3n) is 4.30. The van der Waals surface area contributed by atoms with Crippen molar-refractivity contribution in [2.45, 2.75) is 77.7 Å². The maximum atomic E-state index is 12.2.